The molecule has 0 aliphatic rings. The fourth-order valence-corrected chi connectivity index (χ4v) is 1.68. The molecule has 0 amide bonds. The minimum Gasteiger partial charge on any atom is -0.507 e. The lowest BCUT2D eigenvalue weighted by Crippen LogP contribution is -2.00. The minimum atomic E-state index is 0.0585. The molecule has 4 heteroatoms. The van der Waals surface area contributed by atoms with Gasteiger partial charge in [0.2, 0.25) is 0 Å². The van der Waals surface area contributed by atoms with E-state index in [0.717, 1.165) is 16.6 Å². The van der Waals surface area contributed by atoms with Gasteiger partial charge >= 0.3 is 0 Å². The van der Waals surface area contributed by atoms with Gasteiger partial charge in [0.15, 0.2) is 0 Å². The van der Waals surface area contributed by atoms with Crippen LogP contribution in [0, 0.1) is 0 Å². The Morgan fingerprint density at radius 3 is 2.93 bits per heavy atom. The summed E-state index contributed by atoms with van der Waals surface area (Å²) in [4.78, 5) is 0. The molecule has 2 rings (SSSR count). The Balaban J connectivity index is 2.73. The molecule has 0 fully saturated rings. The highest BCUT2D eigenvalue weighted by molar-refractivity contribution is 5.87. The van der Waals surface area contributed by atoms with Crippen LogP contribution in [0.3, 0.4) is 0 Å². The van der Waals surface area contributed by atoms with Crippen molar-refractivity contribution in [2.24, 2.45) is 7.05 Å². The predicted molar refractivity (Wildman–Crippen MR) is 53.2 cm³/mol. The highest BCUT2D eigenvalue weighted by Crippen LogP contribution is 2.27. The van der Waals surface area contributed by atoms with Crippen LogP contribution in [-0.2, 0) is 13.5 Å². The van der Waals surface area contributed by atoms with Crippen LogP contribution in [0.4, 0.5) is 0 Å². The molecule has 2 aromatic rings. The first-order chi connectivity index (χ1) is 6.74. The van der Waals surface area contributed by atoms with Crippen molar-refractivity contribution in [1.29, 1.82) is 0 Å². The van der Waals surface area contributed by atoms with Crippen molar-refractivity contribution in [2.45, 2.75) is 6.42 Å². The smallest absolute Gasteiger partial charge is 0.126 e. The van der Waals surface area contributed by atoms with Crippen molar-refractivity contribution >= 4 is 10.9 Å². The van der Waals surface area contributed by atoms with E-state index in [1.54, 1.807) is 16.8 Å². The van der Waals surface area contributed by atoms with E-state index in [1.807, 2.05) is 13.1 Å². The zero-order chi connectivity index (χ0) is 10.1. The first kappa shape index (κ1) is 9.02. The first-order valence-corrected chi connectivity index (χ1v) is 4.48. The Labute approximate surface area is 81.4 Å². The molecule has 0 radical (unpaired) electrons. The SMILES string of the molecule is Cn1nc2cccc(O)c2c1CCO. The maximum atomic E-state index is 9.66. The molecule has 0 saturated carbocycles. The molecule has 74 valence electrons. The summed E-state index contributed by atoms with van der Waals surface area (Å²) in [6.45, 7) is 0.0585. The molecular formula is C10H12N2O2. The van der Waals surface area contributed by atoms with Gasteiger partial charge < -0.3 is 10.2 Å². The van der Waals surface area contributed by atoms with Crippen LogP contribution < -0.4 is 0 Å². The van der Waals surface area contributed by atoms with E-state index >= 15 is 0 Å². The van der Waals surface area contributed by atoms with E-state index in [9.17, 15) is 5.11 Å². The van der Waals surface area contributed by atoms with Crippen LogP contribution in [0.5, 0.6) is 5.75 Å². The summed E-state index contributed by atoms with van der Waals surface area (Å²) in [6.07, 6.45) is 0.505. The Kier molecular flexibility index (Phi) is 2.13. The average molecular weight is 192 g/mol. The summed E-state index contributed by atoms with van der Waals surface area (Å²) in [7, 11) is 1.81. The van der Waals surface area contributed by atoms with E-state index < -0.39 is 0 Å². The fourth-order valence-electron chi connectivity index (χ4n) is 1.68. The second-order valence-corrected chi connectivity index (χ2v) is 3.22. The lowest BCUT2D eigenvalue weighted by molar-refractivity contribution is 0.296. The fraction of sp³-hybridized carbons (Fsp3) is 0.300. The van der Waals surface area contributed by atoms with Crippen molar-refractivity contribution in [3.63, 3.8) is 0 Å². The summed E-state index contributed by atoms with van der Waals surface area (Å²) < 4.78 is 1.70. The second kappa shape index (κ2) is 3.31. The van der Waals surface area contributed by atoms with Gasteiger partial charge in [-0.3, -0.25) is 4.68 Å². The molecule has 0 unspecified atom stereocenters. The normalized spacial score (nSPS) is 11.0. The third-order valence-corrected chi connectivity index (χ3v) is 2.31. The third kappa shape index (κ3) is 1.24. The van der Waals surface area contributed by atoms with Crippen LogP contribution in [0.2, 0.25) is 0 Å². The van der Waals surface area contributed by atoms with Gasteiger partial charge in [-0.05, 0) is 12.1 Å². The second-order valence-electron chi connectivity index (χ2n) is 3.22. The number of hydrogen-bond donors (Lipinski definition) is 2. The Morgan fingerprint density at radius 2 is 2.21 bits per heavy atom. The van der Waals surface area contributed by atoms with Crippen LogP contribution in [0.25, 0.3) is 10.9 Å². The Bertz CT molecular complexity index is 462. The molecule has 0 bridgehead atoms. The van der Waals surface area contributed by atoms with Crippen molar-refractivity contribution < 1.29 is 10.2 Å². The molecular weight excluding hydrogens is 180 g/mol. The van der Waals surface area contributed by atoms with E-state index in [4.69, 9.17) is 5.11 Å². The van der Waals surface area contributed by atoms with Crippen LogP contribution in [0.1, 0.15) is 5.69 Å². The summed E-state index contributed by atoms with van der Waals surface area (Å²) in [5, 5.41) is 23.5. The molecule has 1 heterocycles. The zero-order valence-corrected chi connectivity index (χ0v) is 7.94. The molecule has 0 aliphatic carbocycles. The molecule has 14 heavy (non-hydrogen) atoms. The maximum Gasteiger partial charge on any atom is 0.126 e. The Morgan fingerprint density at radius 1 is 1.43 bits per heavy atom. The van der Waals surface area contributed by atoms with Gasteiger partial charge in [-0.1, -0.05) is 6.07 Å². The minimum absolute atomic E-state index is 0.0585. The number of aromatic nitrogens is 2. The number of benzene rings is 1. The topological polar surface area (TPSA) is 58.3 Å². The lowest BCUT2D eigenvalue weighted by Gasteiger charge is -2.00. The van der Waals surface area contributed by atoms with Crippen LogP contribution >= 0.6 is 0 Å². The number of phenolic OH excluding ortho intramolecular Hbond substituents is 1. The summed E-state index contributed by atoms with van der Waals surface area (Å²) in [5.41, 5.74) is 1.62. The Hall–Kier alpha value is -1.55. The number of hydrogen-bond acceptors (Lipinski definition) is 3. The summed E-state index contributed by atoms with van der Waals surface area (Å²) >= 11 is 0. The van der Waals surface area contributed by atoms with Gasteiger partial charge in [-0.2, -0.15) is 5.10 Å². The number of phenols is 1. The van der Waals surface area contributed by atoms with E-state index in [0.29, 0.717) is 6.42 Å². The predicted octanol–water partition coefficient (Wildman–Crippen LogP) is 0.814. The van der Waals surface area contributed by atoms with Crippen molar-refractivity contribution in [1.82, 2.24) is 9.78 Å². The molecule has 1 aromatic carbocycles. The van der Waals surface area contributed by atoms with Gasteiger partial charge in [0, 0.05) is 20.1 Å². The van der Waals surface area contributed by atoms with Crippen molar-refractivity contribution in [3.8, 4) is 5.75 Å². The molecule has 4 nitrogen and oxygen atoms in total. The maximum absolute atomic E-state index is 9.66. The van der Waals surface area contributed by atoms with Crippen LogP contribution in [0.15, 0.2) is 18.2 Å². The van der Waals surface area contributed by atoms with E-state index in [-0.39, 0.29) is 12.4 Å². The van der Waals surface area contributed by atoms with E-state index in [2.05, 4.69) is 5.10 Å². The quantitative estimate of drug-likeness (QED) is 0.740. The molecule has 0 saturated heterocycles. The monoisotopic (exact) mass is 192 g/mol. The number of nitrogens with zero attached hydrogens (tertiary/aromatic N) is 2. The zero-order valence-electron chi connectivity index (χ0n) is 7.94. The number of aliphatic hydroxyl groups excluding tert-OH is 1. The van der Waals surface area contributed by atoms with Crippen molar-refractivity contribution in [3.05, 3.63) is 23.9 Å². The highest BCUT2D eigenvalue weighted by Gasteiger charge is 2.11. The first-order valence-electron chi connectivity index (χ1n) is 4.48. The number of aryl methyl sites for hydroxylation is 1. The van der Waals surface area contributed by atoms with Crippen LogP contribution in [-0.4, -0.2) is 26.6 Å². The molecule has 1 aromatic heterocycles. The summed E-state index contributed by atoms with van der Waals surface area (Å²) in [5.74, 6) is 0.221. The highest BCUT2D eigenvalue weighted by atomic mass is 16.3. The number of fused-ring (bicyclic) bond motifs is 1. The summed E-state index contributed by atoms with van der Waals surface area (Å²) in [6, 6.07) is 5.23. The average Bonchev–Trinajstić information content (AvgIpc) is 2.45. The third-order valence-electron chi connectivity index (χ3n) is 2.31. The van der Waals surface area contributed by atoms with Gasteiger partial charge in [0.1, 0.15) is 5.75 Å². The van der Waals surface area contributed by atoms with Gasteiger partial charge in [0.25, 0.3) is 0 Å². The molecule has 0 atom stereocenters. The number of rotatable bonds is 2. The van der Waals surface area contributed by atoms with Gasteiger partial charge in [0.05, 0.1) is 16.6 Å². The molecule has 0 spiro atoms. The largest absolute Gasteiger partial charge is 0.507 e. The van der Waals surface area contributed by atoms with Gasteiger partial charge in [-0.15, -0.1) is 0 Å². The van der Waals surface area contributed by atoms with Gasteiger partial charge in [-0.25, -0.2) is 0 Å². The standard InChI is InChI=1S/C10H12N2O2/c1-12-8(5-6-13)10-7(11-12)3-2-4-9(10)14/h2-4,13-14H,5-6H2,1H3. The van der Waals surface area contributed by atoms with E-state index in [1.165, 1.54) is 0 Å². The van der Waals surface area contributed by atoms with Crippen molar-refractivity contribution in [2.75, 3.05) is 6.61 Å². The molecule has 0 aliphatic heterocycles. The number of aromatic hydroxyl groups is 1. The molecule has 2 N–H and O–H groups in total. The lowest BCUT2D eigenvalue weighted by atomic mass is 10.1. The number of aliphatic hydroxyl groups is 1.